The third kappa shape index (κ3) is 4.58. The maximum Gasteiger partial charge on any atom is 0.241 e. The van der Waals surface area contributed by atoms with E-state index in [4.69, 9.17) is 4.74 Å². The lowest BCUT2D eigenvalue weighted by atomic mass is 9.91. The van der Waals surface area contributed by atoms with Gasteiger partial charge >= 0.3 is 0 Å². The molecule has 1 aliphatic rings. The average Bonchev–Trinajstić information content (AvgIpc) is 2.67. The highest BCUT2D eigenvalue weighted by molar-refractivity contribution is 7.78. The fourth-order valence-corrected chi connectivity index (χ4v) is 3.39. The Morgan fingerprint density at radius 2 is 2.12 bits per heavy atom. The molecule has 0 bridgehead atoms. The molecule has 26 heavy (non-hydrogen) atoms. The van der Waals surface area contributed by atoms with Gasteiger partial charge in [-0.15, -0.1) is 0 Å². The van der Waals surface area contributed by atoms with E-state index in [9.17, 15) is 4.39 Å². The number of benzene rings is 1. The summed E-state index contributed by atoms with van der Waals surface area (Å²) < 4.78 is 20.2. The van der Waals surface area contributed by atoms with Crippen molar-refractivity contribution in [3.8, 4) is 11.3 Å². The van der Waals surface area contributed by atoms with Crippen LogP contribution in [-0.4, -0.2) is 21.7 Å². The number of aliphatic imine (C=N–C) groups is 1. The molecule has 0 aliphatic carbocycles. The molecule has 6 heteroatoms. The van der Waals surface area contributed by atoms with Crippen LogP contribution in [0.25, 0.3) is 11.3 Å². The van der Waals surface area contributed by atoms with Crippen LogP contribution in [0.2, 0.25) is 0 Å². The molecule has 2 heterocycles. The average molecular weight is 371 g/mol. The van der Waals surface area contributed by atoms with Gasteiger partial charge in [0, 0.05) is 5.56 Å². The maximum atomic E-state index is 14.1. The normalized spacial score (nSPS) is 19.8. The SMILES string of the molecule is CCCCC1CCC(c2ccc(-c3ncc(N=C=S)nc3F)cc2)OC1. The second-order valence-corrected chi connectivity index (χ2v) is 6.78. The topological polar surface area (TPSA) is 47.4 Å². The predicted molar refractivity (Wildman–Crippen MR) is 103 cm³/mol. The Morgan fingerprint density at radius 3 is 2.73 bits per heavy atom. The minimum Gasteiger partial charge on any atom is -0.373 e. The Morgan fingerprint density at radius 1 is 1.31 bits per heavy atom. The zero-order chi connectivity index (χ0) is 18.4. The summed E-state index contributed by atoms with van der Waals surface area (Å²) in [6, 6.07) is 7.68. The third-order valence-electron chi connectivity index (χ3n) is 4.77. The fourth-order valence-electron chi connectivity index (χ4n) is 3.30. The first-order valence-corrected chi connectivity index (χ1v) is 9.44. The van der Waals surface area contributed by atoms with Crippen LogP contribution in [0.15, 0.2) is 35.5 Å². The van der Waals surface area contributed by atoms with Crippen molar-refractivity contribution in [2.24, 2.45) is 10.9 Å². The number of nitrogens with zero attached hydrogens (tertiary/aromatic N) is 3. The lowest BCUT2D eigenvalue weighted by molar-refractivity contribution is -0.0197. The number of ether oxygens (including phenoxy) is 1. The summed E-state index contributed by atoms with van der Waals surface area (Å²) in [4.78, 5) is 11.5. The van der Waals surface area contributed by atoms with Crippen LogP contribution >= 0.6 is 12.2 Å². The molecule has 0 spiro atoms. The highest BCUT2D eigenvalue weighted by Crippen LogP contribution is 2.33. The zero-order valence-corrected chi connectivity index (χ0v) is 15.6. The molecule has 1 saturated heterocycles. The van der Waals surface area contributed by atoms with Crippen LogP contribution in [0.1, 0.15) is 50.7 Å². The van der Waals surface area contributed by atoms with E-state index in [-0.39, 0.29) is 17.6 Å². The van der Waals surface area contributed by atoms with Gasteiger partial charge in [0.05, 0.1) is 24.1 Å². The molecule has 0 saturated carbocycles. The van der Waals surface area contributed by atoms with Gasteiger partial charge in [0.15, 0.2) is 5.82 Å². The largest absolute Gasteiger partial charge is 0.373 e. The Balaban J connectivity index is 1.67. The smallest absolute Gasteiger partial charge is 0.241 e. The molecular formula is C20H22FN3OS. The molecule has 3 rings (SSSR count). The molecule has 0 amide bonds. The number of isothiocyanates is 1. The van der Waals surface area contributed by atoms with Gasteiger partial charge < -0.3 is 4.74 Å². The third-order valence-corrected chi connectivity index (χ3v) is 4.86. The van der Waals surface area contributed by atoms with Crippen LogP contribution < -0.4 is 0 Å². The first-order chi connectivity index (χ1) is 12.7. The molecule has 1 aromatic carbocycles. The van der Waals surface area contributed by atoms with Gasteiger partial charge in [-0.05, 0) is 43.0 Å². The van der Waals surface area contributed by atoms with Gasteiger partial charge in [-0.3, -0.25) is 0 Å². The second-order valence-electron chi connectivity index (χ2n) is 6.60. The molecule has 2 unspecified atom stereocenters. The second kappa shape index (κ2) is 9.08. The number of unbranched alkanes of at least 4 members (excludes halogenated alkanes) is 1. The summed E-state index contributed by atoms with van der Waals surface area (Å²) in [6.45, 7) is 3.05. The van der Waals surface area contributed by atoms with Crippen LogP contribution in [0.3, 0.4) is 0 Å². The number of rotatable bonds is 6. The molecule has 1 fully saturated rings. The summed E-state index contributed by atoms with van der Waals surface area (Å²) >= 11 is 4.49. The molecule has 4 nitrogen and oxygen atoms in total. The Labute approximate surface area is 158 Å². The molecule has 0 radical (unpaired) electrons. The Hall–Kier alpha value is -2.01. The van der Waals surface area contributed by atoms with E-state index in [0.29, 0.717) is 11.5 Å². The highest BCUT2D eigenvalue weighted by atomic mass is 32.1. The molecule has 2 atom stereocenters. The summed E-state index contributed by atoms with van der Waals surface area (Å²) in [5.74, 6) is 0.131. The van der Waals surface area contributed by atoms with E-state index in [0.717, 1.165) is 18.6 Å². The Kier molecular flexibility index (Phi) is 6.56. The van der Waals surface area contributed by atoms with Crippen molar-refractivity contribution < 1.29 is 9.13 Å². The fraction of sp³-hybridized carbons (Fsp3) is 0.450. The van der Waals surface area contributed by atoms with Crippen LogP contribution in [0.4, 0.5) is 10.2 Å². The minimum absolute atomic E-state index is 0.117. The number of hydrogen-bond donors (Lipinski definition) is 0. The van der Waals surface area contributed by atoms with Gasteiger partial charge in [0.2, 0.25) is 5.95 Å². The summed E-state index contributed by atoms with van der Waals surface area (Å²) in [5, 5.41) is 2.15. The number of hydrogen-bond acceptors (Lipinski definition) is 5. The van der Waals surface area contributed by atoms with Crippen LogP contribution in [0, 0.1) is 11.9 Å². The number of aromatic nitrogens is 2. The molecule has 1 aliphatic heterocycles. The van der Waals surface area contributed by atoms with Crippen molar-refractivity contribution in [1.82, 2.24) is 9.97 Å². The summed E-state index contributed by atoms with van der Waals surface area (Å²) in [5.41, 5.74) is 2.00. The lowest BCUT2D eigenvalue weighted by Gasteiger charge is -2.29. The number of halogens is 1. The molecule has 1 aromatic heterocycles. The minimum atomic E-state index is -0.670. The van der Waals surface area contributed by atoms with Crippen molar-refractivity contribution in [2.45, 2.75) is 45.1 Å². The van der Waals surface area contributed by atoms with E-state index >= 15 is 0 Å². The van der Waals surface area contributed by atoms with Gasteiger partial charge in [0.1, 0.15) is 5.69 Å². The molecule has 2 aromatic rings. The van der Waals surface area contributed by atoms with E-state index in [1.807, 2.05) is 24.3 Å². The van der Waals surface area contributed by atoms with E-state index in [2.05, 4.69) is 39.3 Å². The standard InChI is InChI=1S/C20H22FN3OS/c1-2-3-4-14-5-10-17(25-12-14)15-6-8-16(9-7-15)19-20(21)24-18(11-22-19)23-13-26/h6-9,11,14,17H,2-5,10,12H2,1H3. The van der Waals surface area contributed by atoms with Gasteiger partial charge in [-0.2, -0.15) is 14.4 Å². The van der Waals surface area contributed by atoms with Crippen molar-refractivity contribution in [1.29, 1.82) is 0 Å². The van der Waals surface area contributed by atoms with Crippen molar-refractivity contribution >= 4 is 23.2 Å². The number of thiocarbonyl (C=S) groups is 1. The van der Waals surface area contributed by atoms with Gasteiger partial charge in [0.25, 0.3) is 0 Å². The quantitative estimate of drug-likeness (QED) is 0.484. The van der Waals surface area contributed by atoms with Crippen molar-refractivity contribution in [3.63, 3.8) is 0 Å². The Bertz CT molecular complexity index is 782. The van der Waals surface area contributed by atoms with E-state index < -0.39 is 5.95 Å². The van der Waals surface area contributed by atoms with E-state index in [1.165, 1.54) is 31.9 Å². The van der Waals surface area contributed by atoms with Crippen LogP contribution in [-0.2, 0) is 4.74 Å². The predicted octanol–water partition coefficient (Wildman–Crippen LogP) is 5.67. The van der Waals surface area contributed by atoms with Crippen molar-refractivity contribution in [2.75, 3.05) is 6.61 Å². The van der Waals surface area contributed by atoms with Crippen molar-refractivity contribution in [3.05, 3.63) is 42.0 Å². The highest BCUT2D eigenvalue weighted by Gasteiger charge is 2.22. The molecule has 0 N–H and O–H groups in total. The zero-order valence-electron chi connectivity index (χ0n) is 14.8. The van der Waals surface area contributed by atoms with Gasteiger partial charge in [-0.25, -0.2) is 4.98 Å². The lowest BCUT2D eigenvalue weighted by Crippen LogP contribution is -2.20. The summed E-state index contributed by atoms with van der Waals surface area (Å²) in [6.07, 6.45) is 7.50. The molecular weight excluding hydrogens is 349 g/mol. The molecule has 136 valence electrons. The van der Waals surface area contributed by atoms with Crippen LogP contribution in [0.5, 0.6) is 0 Å². The van der Waals surface area contributed by atoms with Gasteiger partial charge in [-0.1, -0.05) is 44.0 Å². The maximum absolute atomic E-state index is 14.1. The monoisotopic (exact) mass is 371 g/mol. The first-order valence-electron chi connectivity index (χ1n) is 9.03. The van der Waals surface area contributed by atoms with E-state index in [1.54, 1.807) is 0 Å². The first kappa shape index (κ1) is 18.8. The summed E-state index contributed by atoms with van der Waals surface area (Å²) in [7, 11) is 0.